The molecule has 1 heterocycles. The highest BCUT2D eigenvalue weighted by Crippen LogP contribution is 2.29. The Hall–Kier alpha value is -1.30. The second-order valence-corrected chi connectivity index (χ2v) is 5.59. The lowest BCUT2D eigenvalue weighted by Crippen LogP contribution is -2.49. The van der Waals surface area contributed by atoms with E-state index in [9.17, 15) is 4.79 Å². The number of rotatable bonds is 5. The van der Waals surface area contributed by atoms with Crippen molar-refractivity contribution in [2.75, 3.05) is 26.3 Å². The van der Waals surface area contributed by atoms with Crippen molar-refractivity contribution in [3.8, 4) is 5.75 Å². The van der Waals surface area contributed by atoms with E-state index in [4.69, 9.17) is 14.6 Å². The number of ether oxygens (including phenoxy) is 2. The highest BCUT2D eigenvalue weighted by molar-refractivity contribution is 5.90. The van der Waals surface area contributed by atoms with Gasteiger partial charge in [-0.1, -0.05) is 12.1 Å². The van der Waals surface area contributed by atoms with Crippen molar-refractivity contribution in [2.24, 2.45) is 0 Å². The lowest BCUT2D eigenvalue weighted by molar-refractivity contribution is -0.0583. The van der Waals surface area contributed by atoms with Crippen LogP contribution in [0, 0.1) is 0 Å². The first-order valence-electron chi connectivity index (χ1n) is 7.56. The van der Waals surface area contributed by atoms with E-state index < -0.39 is 5.97 Å². The van der Waals surface area contributed by atoms with Crippen molar-refractivity contribution in [2.45, 2.75) is 31.4 Å². The number of fused-ring (bicyclic) bond motifs is 1. The van der Waals surface area contributed by atoms with Gasteiger partial charge in [0.1, 0.15) is 17.9 Å². The van der Waals surface area contributed by atoms with Gasteiger partial charge < -0.3 is 14.6 Å². The summed E-state index contributed by atoms with van der Waals surface area (Å²) >= 11 is 0. The smallest absolute Gasteiger partial charge is 0.339 e. The Morgan fingerprint density at radius 3 is 3.00 bits per heavy atom. The number of hydrogen-bond donors (Lipinski definition) is 1. The molecule has 0 amide bonds. The Labute approximate surface area is 136 Å². The first-order valence-corrected chi connectivity index (χ1v) is 7.56. The zero-order valence-corrected chi connectivity index (χ0v) is 13.3. The number of carboxylic acids is 1. The molecule has 22 heavy (non-hydrogen) atoms. The van der Waals surface area contributed by atoms with Crippen LogP contribution < -0.4 is 4.74 Å². The lowest BCUT2D eigenvalue weighted by atomic mass is 10.1. The molecular weight excluding hydrogens is 306 g/mol. The van der Waals surface area contributed by atoms with Crippen LogP contribution in [-0.2, 0) is 4.74 Å². The van der Waals surface area contributed by atoms with Gasteiger partial charge in [-0.2, -0.15) is 0 Å². The van der Waals surface area contributed by atoms with Crippen LogP contribution in [0.1, 0.15) is 29.6 Å². The average molecular weight is 328 g/mol. The molecule has 122 valence electrons. The van der Waals surface area contributed by atoms with Crippen LogP contribution in [0.25, 0.3) is 0 Å². The number of nitrogens with zero attached hydrogens (tertiary/aromatic N) is 1. The van der Waals surface area contributed by atoms with E-state index in [0.29, 0.717) is 24.5 Å². The molecular formula is C16H22ClNO4. The van der Waals surface area contributed by atoms with Crippen molar-refractivity contribution in [3.05, 3.63) is 29.8 Å². The van der Waals surface area contributed by atoms with E-state index in [2.05, 4.69) is 4.90 Å². The third-order valence-corrected chi connectivity index (χ3v) is 4.35. The Kier molecular flexibility index (Phi) is 6.06. The molecule has 2 fully saturated rings. The highest BCUT2D eigenvalue weighted by atomic mass is 35.5. The Balaban J connectivity index is 0.00000176. The fourth-order valence-electron chi connectivity index (χ4n) is 3.33. The van der Waals surface area contributed by atoms with E-state index >= 15 is 0 Å². The predicted molar refractivity (Wildman–Crippen MR) is 85.1 cm³/mol. The first-order chi connectivity index (χ1) is 10.3. The molecule has 2 aliphatic rings. The minimum atomic E-state index is -0.951. The van der Waals surface area contributed by atoms with Gasteiger partial charge >= 0.3 is 5.97 Å². The van der Waals surface area contributed by atoms with Crippen LogP contribution in [0.3, 0.4) is 0 Å². The zero-order valence-electron chi connectivity index (χ0n) is 12.4. The average Bonchev–Trinajstić information content (AvgIpc) is 2.97. The fraction of sp³-hybridized carbons (Fsp3) is 0.562. The van der Waals surface area contributed by atoms with Crippen molar-refractivity contribution in [1.29, 1.82) is 0 Å². The van der Waals surface area contributed by atoms with Gasteiger partial charge in [0, 0.05) is 19.1 Å². The van der Waals surface area contributed by atoms with E-state index in [1.807, 2.05) is 0 Å². The van der Waals surface area contributed by atoms with Crippen LogP contribution in [0.5, 0.6) is 5.75 Å². The molecule has 0 radical (unpaired) electrons. The summed E-state index contributed by atoms with van der Waals surface area (Å²) in [6, 6.07) is 7.29. The maximum atomic E-state index is 11.1. The largest absolute Gasteiger partial charge is 0.491 e. The molecule has 6 heteroatoms. The van der Waals surface area contributed by atoms with Gasteiger partial charge in [-0.15, -0.1) is 12.4 Å². The Morgan fingerprint density at radius 1 is 1.36 bits per heavy atom. The van der Waals surface area contributed by atoms with Crippen LogP contribution in [0.2, 0.25) is 0 Å². The summed E-state index contributed by atoms with van der Waals surface area (Å²) in [6.07, 6.45) is 3.96. The van der Waals surface area contributed by atoms with E-state index in [-0.39, 0.29) is 18.0 Å². The number of carbonyl (C=O) groups is 1. The maximum absolute atomic E-state index is 11.1. The normalized spacial score (nSPS) is 24.4. The predicted octanol–water partition coefficient (Wildman–Crippen LogP) is 2.44. The van der Waals surface area contributed by atoms with E-state index in [1.165, 1.54) is 12.8 Å². The third-order valence-electron chi connectivity index (χ3n) is 4.35. The molecule has 1 aliphatic carbocycles. The van der Waals surface area contributed by atoms with Crippen molar-refractivity contribution in [1.82, 2.24) is 4.90 Å². The summed E-state index contributed by atoms with van der Waals surface area (Å²) in [5, 5.41) is 9.13. The molecule has 1 aromatic rings. The van der Waals surface area contributed by atoms with Gasteiger partial charge in [0.25, 0.3) is 0 Å². The second kappa shape index (κ2) is 7.81. The summed E-state index contributed by atoms with van der Waals surface area (Å²) in [5.74, 6) is -0.505. The van der Waals surface area contributed by atoms with Crippen LogP contribution in [0.4, 0.5) is 0 Å². The zero-order chi connectivity index (χ0) is 14.7. The van der Waals surface area contributed by atoms with Gasteiger partial charge in [-0.3, -0.25) is 4.90 Å². The minimum absolute atomic E-state index is 0. The quantitative estimate of drug-likeness (QED) is 0.900. The van der Waals surface area contributed by atoms with Crippen molar-refractivity contribution in [3.63, 3.8) is 0 Å². The van der Waals surface area contributed by atoms with Crippen LogP contribution in [0.15, 0.2) is 24.3 Å². The Bertz CT molecular complexity index is 511. The van der Waals surface area contributed by atoms with Crippen LogP contribution >= 0.6 is 12.4 Å². The molecule has 1 N–H and O–H groups in total. The van der Waals surface area contributed by atoms with Gasteiger partial charge in [-0.05, 0) is 31.4 Å². The second-order valence-electron chi connectivity index (χ2n) is 5.59. The van der Waals surface area contributed by atoms with Gasteiger partial charge in [0.15, 0.2) is 0 Å². The van der Waals surface area contributed by atoms with Crippen molar-refractivity contribution < 1.29 is 19.4 Å². The lowest BCUT2D eigenvalue weighted by Gasteiger charge is -2.37. The van der Waals surface area contributed by atoms with E-state index in [0.717, 1.165) is 26.1 Å². The summed E-state index contributed by atoms with van der Waals surface area (Å²) < 4.78 is 11.5. The highest BCUT2D eigenvalue weighted by Gasteiger charge is 2.35. The summed E-state index contributed by atoms with van der Waals surface area (Å²) in [6.45, 7) is 3.05. The molecule has 0 bridgehead atoms. The molecule has 0 aromatic heterocycles. The Morgan fingerprint density at radius 2 is 2.18 bits per heavy atom. The topological polar surface area (TPSA) is 59.0 Å². The number of aromatic carboxylic acids is 1. The van der Waals surface area contributed by atoms with Crippen LogP contribution in [-0.4, -0.2) is 54.4 Å². The number of carboxylic acid groups (broad SMARTS) is 1. The monoisotopic (exact) mass is 327 g/mol. The number of hydrogen-bond acceptors (Lipinski definition) is 4. The van der Waals surface area contributed by atoms with Gasteiger partial charge in [0.2, 0.25) is 0 Å². The molecule has 2 unspecified atom stereocenters. The molecule has 1 aromatic carbocycles. The molecule has 5 nitrogen and oxygen atoms in total. The number of morpholine rings is 1. The third kappa shape index (κ3) is 3.72. The summed E-state index contributed by atoms with van der Waals surface area (Å²) in [5.41, 5.74) is 0.221. The first kappa shape index (κ1) is 17.1. The summed E-state index contributed by atoms with van der Waals surface area (Å²) in [7, 11) is 0. The molecule has 1 aliphatic heterocycles. The SMILES string of the molecule is Cl.O=C(O)c1ccccc1OCCN1CCOC2CCCC21. The summed E-state index contributed by atoms with van der Waals surface area (Å²) in [4.78, 5) is 13.6. The standard InChI is InChI=1S/C16H21NO4.ClH/c18-16(19)12-4-1-2-6-14(12)20-10-8-17-9-11-21-15-7-3-5-13(15)17;/h1-2,4,6,13,15H,3,5,7-11H2,(H,18,19);1H. The molecule has 3 rings (SSSR count). The molecule has 1 saturated heterocycles. The number of para-hydroxylation sites is 1. The number of halogens is 1. The molecule has 0 spiro atoms. The van der Waals surface area contributed by atoms with Crippen molar-refractivity contribution >= 4 is 18.4 Å². The molecule has 1 saturated carbocycles. The number of benzene rings is 1. The van der Waals surface area contributed by atoms with Gasteiger partial charge in [0.05, 0.1) is 12.7 Å². The minimum Gasteiger partial charge on any atom is -0.491 e. The maximum Gasteiger partial charge on any atom is 0.339 e. The van der Waals surface area contributed by atoms with Gasteiger partial charge in [-0.25, -0.2) is 4.79 Å². The molecule has 2 atom stereocenters. The van der Waals surface area contributed by atoms with E-state index in [1.54, 1.807) is 24.3 Å². The fourth-order valence-corrected chi connectivity index (χ4v) is 3.33.